The van der Waals surface area contributed by atoms with Crippen molar-refractivity contribution in [2.75, 3.05) is 26.2 Å². The molecule has 1 aliphatic rings. The quantitative estimate of drug-likeness (QED) is 0.484. The summed E-state index contributed by atoms with van der Waals surface area (Å²) in [5, 5.41) is 3.62. The summed E-state index contributed by atoms with van der Waals surface area (Å²) in [4.78, 5) is 18.9. The zero-order valence-electron chi connectivity index (χ0n) is 13.9. The molecule has 1 fully saturated rings. The fraction of sp³-hybridized carbons (Fsp3) is 0.562. The zero-order valence-corrected chi connectivity index (χ0v) is 13.9. The molecule has 0 unspecified atom stereocenters. The smallest absolute Gasteiger partial charge is 0.410 e. The average Bonchev–Trinajstić information content (AvgIpc) is 2.47. The van der Waals surface area contributed by atoms with Crippen molar-refractivity contribution in [3.05, 3.63) is 40.3 Å². The third kappa shape index (κ3) is 5.47. The van der Waals surface area contributed by atoms with E-state index in [9.17, 15) is 4.79 Å². The first-order valence-corrected chi connectivity index (χ1v) is 7.72. The molecule has 7 heteroatoms. The number of carbonyl (C=O) groups is 1. The number of amides is 1. The number of nitrogens with zero attached hydrogens (tertiary/aromatic N) is 5. The zero-order chi connectivity index (χ0) is 16.9. The van der Waals surface area contributed by atoms with Crippen molar-refractivity contribution in [1.29, 1.82) is 0 Å². The molecular formula is C16H23N5O2. The highest BCUT2D eigenvalue weighted by Crippen LogP contribution is 2.17. The summed E-state index contributed by atoms with van der Waals surface area (Å²) >= 11 is 0. The lowest BCUT2D eigenvalue weighted by atomic mass is 10.2. The van der Waals surface area contributed by atoms with Crippen LogP contribution in [-0.4, -0.2) is 47.7 Å². The minimum Gasteiger partial charge on any atom is -0.444 e. The molecular weight excluding hydrogens is 294 g/mol. The molecule has 1 aromatic rings. The van der Waals surface area contributed by atoms with Gasteiger partial charge in [0.1, 0.15) is 5.60 Å². The summed E-state index contributed by atoms with van der Waals surface area (Å²) in [6.45, 7) is 9.30. The highest BCUT2D eigenvalue weighted by molar-refractivity contribution is 5.68. The predicted molar refractivity (Wildman–Crippen MR) is 88.3 cm³/mol. The molecule has 1 aliphatic heterocycles. The first kappa shape index (κ1) is 17.1. The van der Waals surface area contributed by atoms with E-state index in [4.69, 9.17) is 10.3 Å². The van der Waals surface area contributed by atoms with Crippen molar-refractivity contribution >= 4 is 11.8 Å². The van der Waals surface area contributed by atoms with Crippen LogP contribution in [0.4, 0.5) is 10.5 Å². The number of rotatable bonds is 3. The summed E-state index contributed by atoms with van der Waals surface area (Å²) in [7, 11) is 0. The van der Waals surface area contributed by atoms with Gasteiger partial charge in [-0.25, -0.2) is 4.79 Å². The third-order valence-corrected chi connectivity index (χ3v) is 3.50. The van der Waals surface area contributed by atoms with Gasteiger partial charge in [-0.1, -0.05) is 23.3 Å². The molecule has 0 saturated carbocycles. The van der Waals surface area contributed by atoms with E-state index in [2.05, 4.69) is 14.9 Å². The van der Waals surface area contributed by atoms with E-state index in [0.717, 1.165) is 25.2 Å². The predicted octanol–water partition coefficient (Wildman–Crippen LogP) is 3.68. The number of benzene rings is 1. The third-order valence-electron chi connectivity index (χ3n) is 3.50. The van der Waals surface area contributed by atoms with E-state index in [0.29, 0.717) is 18.8 Å². The molecule has 2 rings (SSSR count). The van der Waals surface area contributed by atoms with Gasteiger partial charge in [0.05, 0.1) is 0 Å². The van der Waals surface area contributed by atoms with Crippen LogP contribution in [0.3, 0.4) is 0 Å². The maximum Gasteiger partial charge on any atom is 0.410 e. The van der Waals surface area contributed by atoms with Gasteiger partial charge in [-0.2, -0.15) is 0 Å². The van der Waals surface area contributed by atoms with Gasteiger partial charge in [0.15, 0.2) is 0 Å². The van der Waals surface area contributed by atoms with E-state index in [-0.39, 0.29) is 6.09 Å². The Kier molecular flexibility index (Phi) is 5.47. The normalized spacial score (nSPS) is 15.9. The molecule has 0 N–H and O–H groups in total. The topological polar surface area (TPSA) is 81.5 Å². The number of ether oxygens (including phenoxy) is 1. The second-order valence-electron chi connectivity index (χ2n) is 6.60. The Bertz CT molecular complexity index is 597. The SMILES string of the molecule is CC(C)(C)OC(=O)N1CCN(Cc2cccc(N=[N+]=[N-])c2)CC1. The van der Waals surface area contributed by atoms with Gasteiger partial charge in [0.25, 0.3) is 0 Å². The summed E-state index contributed by atoms with van der Waals surface area (Å²) in [6.07, 6.45) is -0.248. The largest absolute Gasteiger partial charge is 0.444 e. The molecule has 0 aromatic heterocycles. The van der Waals surface area contributed by atoms with E-state index in [1.165, 1.54) is 0 Å². The summed E-state index contributed by atoms with van der Waals surface area (Å²) in [5.41, 5.74) is 9.75. The van der Waals surface area contributed by atoms with Crippen LogP contribution in [0.15, 0.2) is 29.4 Å². The molecule has 0 spiro atoms. The Balaban J connectivity index is 1.86. The van der Waals surface area contributed by atoms with E-state index in [1.54, 1.807) is 11.0 Å². The number of azide groups is 1. The first-order chi connectivity index (χ1) is 10.9. The van der Waals surface area contributed by atoms with Crippen molar-refractivity contribution in [3.8, 4) is 0 Å². The summed E-state index contributed by atoms with van der Waals surface area (Å²) < 4.78 is 5.40. The van der Waals surface area contributed by atoms with Crippen molar-refractivity contribution < 1.29 is 9.53 Å². The average molecular weight is 317 g/mol. The van der Waals surface area contributed by atoms with Gasteiger partial charge in [0.2, 0.25) is 0 Å². The molecule has 0 bridgehead atoms. The van der Waals surface area contributed by atoms with Crippen molar-refractivity contribution in [2.45, 2.75) is 32.9 Å². The van der Waals surface area contributed by atoms with Gasteiger partial charge in [-0.05, 0) is 37.9 Å². The van der Waals surface area contributed by atoms with E-state index in [1.807, 2.05) is 39.0 Å². The van der Waals surface area contributed by atoms with Crippen LogP contribution in [0, 0.1) is 0 Å². The van der Waals surface area contributed by atoms with Crippen LogP contribution < -0.4 is 0 Å². The molecule has 23 heavy (non-hydrogen) atoms. The number of hydrogen-bond acceptors (Lipinski definition) is 4. The van der Waals surface area contributed by atoms with Crippen molar-refractivity contribution in [1.82, 2.24) is 9.80 Å². The standard InChI is InChI=1S/C16H23N5O2/c1-16(2,3)23-15(22)21-9-7-20(8-10-21)12-13-5-4-6-14(11-13)18-19-17/h4-6,11H,7-10,12H2,1-3H3. The Hall–Kier alpha value is -2.24. The number of carbonyl (C=O) groups excluding carboxylic acids is 1. The van der Waals surface area contributed by atoms with Crippen LogP contribution in [0.5, 0.6) is 0 Å². The van der Waals surface area contributed by atoms with E-state index < -0.39 is 5.60 Å². The highest BCUT2D eigenvalue weighted by Gasteiger charge is 2.25. The van der Waals surface area contributed by atoms with Gasteiger partial charge >= 0.3 is 6.09 Å². The van der Waals surface area contributed by atoms with Gasteiger partial charge in [0, 0.05) is 43.3 Å². The molecule has 7 nitrogen and oxygen atoms in total. The van der Waals surface area contributed by atoms with Gasteiger partial charge < -0.3 is 9.64 Å². The Morgan fingerprint density at radius 3 is 2.61 bits per heavy atom. The Morgan fingerprint density at radius 1 is 1.30 bits per heavy atom. The Morgan fingerprint density at radius 2 is 2.00 bits per heavy atom. The van der Waals surface area contributed by atoms with Crippen LogP contribution in [-0.2, 0) is 11.3 Å². The minimum atomic E-state index is -0.462. The maximum absolute atomic E-state index is 12.0. The lowest BCUT2D eigenvalue weighted by Gasteiger charge is -2.35. The highest BCUT2D eigenvalue weighted by atomic mass is 16.6. The first-order valence-electron chi connectivity index (χ1n) is 7.72. The monoisotopic (exact) mass is 317 g/mol. The molecule has 0 atom stereocenters. The fourth-order valence-corrected chi connectivity index (χ4v) is 2.44. The number of hydrogen-bond donors (Lipinski definition) is 0. The molecule has 124 valence electrons. The van der Waals surface area contributed by atoms with Crippen molar-refractivity contribution in [3.63, 3.8) is 0 Å². The molecule has 1 aromatic carbocycles. The Labute approximate surface area is 136 Å². The molecule has 1 heterocycles. The molecule has 0 radical (unpaired) electrons. The minimum absolute atomic E-state index is 0.248. The second kappa shape index (κ2) is 7.35. The lowest BCUT2D eigenvalue weighted by molar-refractivity contribution is 0.0139. The fourth-order valence-electron chi connectivity index (χ4n) is 2.44. The van der Waals surface area contributed by atoms with E-state index >= 15 is 0 Å². The van der Waals surface area contributed by atoms with Gasteiger partial charge in [-0.15, -0.1) is 0 Å². The molecule has 1 amide bonds. The molecule has 0 aliphatic carbocycles. The maximum atomic E-state index is 12.0. The number of piperazine rings is 1. The van der Waals surface area contributed by atoms with Crippen LogP contribution in [0.25, 0.3) is 10.4 Å². The summed E-state index contributed by atoms with van der Waals surface area (Å²) in [6, 6.07) is 7.57. The van der Waals surface area contributed by atoms with Gasteiger partial charge in [-0.3, -0.25) is 4.90 Å². The second-order valence-corrected chi connectivity index (χ2v) is 6.60. The van der Waals surface area contributed by atoms with Crippen molar-refractivity contribution in [2.24, 2.45) is 5.11 Å². The van der Waals surface area contributed by atoms with Crippen LogP contribution >= 0.6 is 0 Å². The van der Waals surface area contributed by atoms with Crippen LogP contribution in [0.2, 0.25) is 0 Å². The summed E-state index contributed by atoms with van der Waals surface area (Å²) in [5.74, 6) is 0. The lowest BCUT2D eigenvalue weighted by Crippen LogP contribution is -2.49. The van der Waals surface area contributed by atoms with Crippen LogP contribution in [0.1, 0.15) is 26.3 Å². The molecule has 1 saturated heterocycles.